The van der Waals surface area contributed by atoms with Gasteiger partial charge >= 0.3 is 5.97 Å². The summed E-state index contributed by atoms with van der Waals surface area (Å²) < 4.78 is 6.67. The monoisotopic (exact) mass is 213 g/mol. The number of aromatic nitrogens is 3. The zero-order chi connectivity index (χ0) is 11.3. The van der Waals surface area contributed by atoms with Gasteiger partial charge in [-0.1, -0.05) is 13.8 Å². The summed E-state index contributed by atoms with van der Waals surface area (Å²) in [5, 5.41) is 12.4. The third-order valence-electron chi connectivity index (χ3n) is 1.69. The first-order valence-electron chi connectivity index (χ1n) is 4.75. The molecule has 1 heterocycles. The smallest absolute Gasteiger partial charge is 0.329 e. The highest BCUT2D eigenvalue weighted by atomic mass is 16.5. The molecule has 1 aromatic rings. The summed E-state index contributed by atoms with van der Waals surface area (Å²) in [6, 6.07) is 0. The Labute approximate surface area is 87.9 Å². The fourth-order valence-corrected chi connectivity index (χ4v) is 1.13. The number of aliphatic carboxylic acids is 1. The Balaban J connectivity index is 2.46. The minimum atomic E-state index is -0.982. The average Bonchev–Trinajstić information content (AvgIpc) is 2.51. The predicted octanol–water partition coefficient (Wildman–Crippen LogP) is 0.535. The standard InChI is InChI=1S/C9H15N3O3/c1-7(2)3-12-8(10-6-11-12)4-15-5-9(13)14/h6-7H,3-5H2,1-2H3,(H,13,14). The van der Waals surface area contributed by atoms with Crippen molar-refractivity contribution < 1.29 is 14.6 Å². The zero-order valence-corrected chi connectivity index (χ0v) is 8.88. The molecule has 15 heavy (non-hydrogen) atoms. The van der Waals surface area contributed by atoms with Crippen LogP contribution in [0, 0.1) is 5.92 Å². The lowest BCUT2D eigenvalue weighted by Crippen LogP contribution is -2.13. The van der Waals surface area contributed by atoms with Crippen molar-refractivity contribution in [3.8, 4) is 0 Å². The summed E-state index contributed by atoms with van der Waals surface area (Å²) in [7, 11) is 0. The Morgan fingerprint density at radius 1 is 1.67 bits per heavy atom. The van der Waals surface area contributed by atoms with Crippen LogP contribution in [0.3, 0.4) is 0 Å². The Hall–Kier alpha value is -1.43. The number of hydrogen-bond acceptors (Lipinski definition) is 4. The molecular weight excluding hydrogens is 198 g/mol. The summed E-state index contributed by atoms with van der Waals surface area (Å²) in [5.41, 5.74) is 0. The average molecular weight is 213 g/mol. The van der Waals surface area contributed by atoms with Gasteiger partial charge in [-0.25, -0.2) is 14.5 Å². The van der Waals surface area contributed by atoms with Crippen molar-refractivity contribution in [2.45, 2.75) is 27.0 Å². The molecule has 0 unspecified atom stereocenters. The van der Waals surface area contributed by atoms with Crippen LogP contribution in [-0.4, -0.2) is 32.4 Å². The number of carbonyl (C=O) groups is 1. The maximum atomic E-state index is 10.2. The first kappa shape index (κ1) is 11.6. The topological polar surface area (TPSA) is 77.2 Å². The van der Waals surface area contributed by atoms with Gasteiger partial charge in [0.05, 0.1) is 0 Å². The van der Waals surface area contributed by atoms with Crippen LogP contribution in [0.4, 0.5) is 0 Å². The van der Waals surface area contributed by atoms with Crippen molar-refractivity contribution in [2.75, 3.05) is 6.61 Å². The van der Waals surface area contributed by atoms with Crippen LogP contribution in [0.15, 0.2) is 6.33 Å². The van der Waals surface area contributed by atoms with Gasteiger partial charge in [-0.05, 0) is 5.92 Å². The van der Waals surface area contributed by atoms with Crippen molar-refractivity contribution in [1.82, 2.24) is 14.8 Å². The maximum Gasteiger partial charge on any atom is 0.329 e. The van der Waals surface area contributed by atoms with E-state index < -0.39 is 5.97 Å². The molecule has 0 saturated heterocycles. The quantitative estimate of drug-likeness (QED) is 0.746. The molecule has 0 fully saturated rings. The van der Waals surface area contributed by atoms with Gasteiger partial charge in [0.25, 0.3) is 0 Å². The van der Waals surface area contributed by atoms with Crippen molar-refractivity contribution in [1.29, 1.82) is 0 Å². The molecule has 0 aromatic carbocycles. The Morgan fingerprint density at radius 2 is 2.40 bits per heavy atom. The SMILES string of the molecule is CC(C)Cn1ncnc1COCC(=O)O. The van der Waals surface area contributed by atoms with Crippen LogP contribution in [0.25, 0.3) is 0 Å². The number of rotatable bonds is 6. The van der Waals surface area contributed by atoms with Gasteiger partial charge in [-0.2, -0.15) is 5.10 Å². The highest BCUT2D eigenvalue weighted by molar-refractivity contribution is 5.67. The lowest BCUT2D eigenvalue weighted by atomic mass is 10.2. The molecule has 0 radical (unpaired) electrons. The van der Waals surface area contributed by atoms with Crippen LogP contribution in [0.5, 0.6) is 0 Å². The van der Waals surface area contributed by atoms with Crippen LogP contribution >= 0.6 is 0 Å². The molecule has 1 N–H and O–H groups in total. The number of hydrogen-bond donors (Lipinski definition) is 1. The lowest BCUT2D eigenvalue weighted by Gasteiger charge is -2.07. The predicted molar refractivity (Wildman–Crippen MR) is 52.2 cm³/mol. The van der Waals surface area contributed by atoms with E-state index in [1.54, 1.807) is 4.68 Å². The molecule has 0 amide bonds. The van der Waals surface area contributed by atoms with E-state index in [2.05, 4.69) is 23.9 Å². The van der Waals surface area contributed by atoms with E-state index in [1.807, 2.05) is 0 Å². The first-order valence-corrected chi connectivity index (χ1v) is 4.75. The molecule has 0 bridgehead atoms. The Bertz CT molecular complexity index is 322. The second kappa shape index (κ2) is 5.45. The second-order valence-corrected chi connectivity index (χ2v) is 3.64. The number of nitrogens with zero attached hydrogens (tertiary/aromatic N) is 3. The molecule has 0 atom stereocenters. The van der Waals surface area contributed by atoms with Crippen molar-refractivity contribution in [2.24, 2.45) is 5.92 Å². The number of ether oxygens (including phenoxy) is 1. The molecule has 6 nitrogen and oxygen atoms in total. The van der Waals surface area contributed by atoms with Crippen LogP contribution in [0.2, 0.25) is 0 Å². The van der Waals surface area contributed by atoms with Crippen LogP contribution in [-0.2, 0) is 22.7 Å². The zero-order valence-electron chi connectivity index (χ0n) is 8.88. The van der Waals surface area contributed by atoms with Gasteiger partial charge in [0.1, 0.15) is 19.5 Å². The molecule has 84 valence electrons. The summed E-state index contributed by atoms with van der Waals surface area (Å²) in [6.07, 6.45) is 1.45. The summed E-state index contributed by atoms with van der Waals surface area (Å²) in [6.45, 7) is 4.77. The van der Waals surface area contributed by atoms with E-state index in [0.29, 0.717) is 11.7 Å². The van der Waals surface area contributed by atoms with Crippen LogP contribution < -0.4 is 0 Å². The molecule has 0 saturated carbocycles. The second-order valence-electron chi connectivity index (χ2n) is 3.64. The van der Waals surface area contributed by atoms with Crippen molar-refractivity contribution in [3.05, 3.63) is 12.2 Å². The maximum absolute atomic E-state index is 10.2. The van der Waals surface area contributed by atoms with E-state index in [1.165, 1.54) is 6.33 Å². The van der Waals surface area contributed by atoms with E-state index >= 15 is 0 Å². The molecular formula is C9H15N3O3. The molecule has 0 aliphatic carbocycles. The summed E-state index contributed by atoms with van der Waals surface area (Å²) >= 11 is 0. The van der Waals surface area contributed by atoms with E-state index in [9.17, 15) is 4.79 Å². The lowest BCUT2D eigenvalue weighted by molar-refractivity contribution is -0.142. The third kappa shape index (κ3) is 4.07. The highest BCUT2D eigenvalue weighted by Crippen LogP contribution is 2.02. The van der Waals surface area contributed by atoms with Gasteiger partial charge in [0.15, 0.2) is 5.82 Å². The largest absolute Gasteiger partial charge is 0.480 e. The Kier molecular flexibility index (Phi) is 4.23. The Morgan fingerprint density at radius 3 is 3.00 bits per heavy atom. The minimum absolute atomic E-state index is 0.180. The van der Waals surface area contributed by atoms with Gasteiger partial charge in [0.2, 0.25) is 0 Å². The van der Waals surface area contributed by atoms with Gasteiger partial charge in [0, 0.05) is 6.54 Å². The van der Waals surface area contributed by atoms with Gasteiger partial charge in [-0.15, -0.1) is 0 Å². The molecule has 1 aromatic heterocycles. The van der Waals surface area contributed by atoms with Gasteiger partial charge < -0.3 is 9.84 Å². The first-order chi connectivity index (χ1) is 7.09. The molecule has 0 aliphatic rings. The fraction of sp³-hybridized carbons (Fsp3) is 0.667. The minimum Gasteiger partial charge on any atom is -0.480 e. The third-order valence-corrected chi connectivity index (χ3v) is 1.69. The van der Waals surface area contributed by atoms with E-state index in [-0.39, 0.29) is 13.2 Å². The number of carboxylic acids is 1. The van der Waals surface area contributed by atoms with Gasteiger partial charge in [-0.3, -0.25) is 0 Å². The highest BCUT2D eigenvalue weighted by Gasteiger charge is 2.06. The fourth-order valence-electron chi connectivity index (χ4n) is 1.13. The normalized spacial score (nSPS) is 10.9. The number of carboxylic acid groups (broad SMARTS) is 1. The molecule has 1 rings (SSSR count). The summed E-state index contributed by atoms with van der Waals surface area (Å²) in [5.74, 6) is 0.139. The van der Waals surface area contributed by atoms with Crippen molar-refractivity contribution >= 4 is 5.97 Å². The van der Waals surface area contributed by atoms with E-state index in [4.69, 9.17) is 9.84 Å². The van der Waals surface area contributed by atoms with E-state index in [0.717, 1.165) is 6.54 Å². The molecule has 0 spiro atoms. The summed E-state index contributed by atoms with van der Waals surface area (Å²) in [4.78, 5) is 14.2. The van der Waals surface area contributed by atoms with Crippen molar-refractivity contribution in [3.63, 3.8) is 0 Å². The van der Waals surface area contributed by atoms with Crippen LogP contribution in [0.1, 0.15) is 19.7 Å². The molecule has 0 aliphatic heterocycles. The molecule has 6 heteroatoms.